The molecule has 112 valence electrons. The van der Waals surface area contributed by atoms with Gasteiger partial charge in [-0.15, -0.1) is 0 Å². The second-order valence-electron chi connectivity index (χ2n) is 4.28. The lowest BCUT2D eigenvalue weighted by Gasteiger charge is -2.18. The Morgan fingerprint density at radius 2 is 2.33 bits per heavy atom. The van der Waals surface area contributed by atoms with E-state index in [1.807, 2.05) is 6.07 Å². The van der Waals surface area contributed by atoms with Gasteiger partial charge in [0.25, 0.3) is 10.0 Å². The van der Waals surface area contributed by atoms with E-state index in [2.05, 4.69) is 4.98 Å². The Balaban J connectivity index is 2.35. The highest BCUT2D eigenvalue weighted by molar-refractivity contribution is 7.89. The summed E-state index contributed by atoms with van der Waals surface area (Å²) < 4.78 is 32.9. The molecule has 0 radical (unpaired) electrons. The minimum absolute atomic E-state index is 0.0178. The minimum Gasteiger partial charge on any atom is -0.468 e. The van der Waals surface area contributed by atoms with E-state index in [9.17, 15) is 8.42 Å². The first-order chi connectivity index (χ1) is 9.96. The Bertz CT molecular complexity index is 746. The monoisotopic (exact) mass is 328 g/mol. The number of furan rings is 1. The van der Waals surface area contributed by atoms with Crippen LogP contribution in [0.15, 0.2) is 34.2 Å². The molecule has 0 aliphatic heterocycles. The first-order valence-electron chi connectivity index (χ1n) is 6.03. The zero-order valence-corrected chi connectivity index (χ0v) is 12.8. The molecule has 2 heterocycles. The van der Waals surface area contributed by atoms with Crippen LogP contribution in [-0.2, 0) is 23.6 Å². The third kappa shape index (κ3) is 3.26. The van der Waals surface area contributed by atoms with Crippen molar-refractivity contribution in [1.82, 2.24) is 13.9 Å². The lowest BCUT2D eigenvalue weighted by Crippen LogP contribution is -2.32. The number of halogens is 1. The van der Waals surface area contributed by atoms with Crippen LogP contribution in [0.2, 0.25) is 5.15 Å². The van der Waals surface area contributed by atoms with Gasteiger partial charge in [-0.25, -0.2) is 13.4 Å². The van der Waals surface area contributed by atoms with E-state index in [4.69, 9.17) is 21.3 Å². The lowest BCUT2D eigenvalue weighted by molar-refractivity contribution is 0.367. The van der Waals surface area contributed by atoms with Crippen molar-refractivity contribution in [2.75, 3.05) is 6.54 Å². The largest absolute Gasteiger partial charge is 0.468 e. The molecule has 2 rings (SSSR count). The molecule has 2 aromatic heterocycles. The van der Waals surface area contributed by atoms with Crippen molar-refractivity contribution >= 4 is 21.6 Å². The van der Waals surface area contributed by atoms with Crippen LogP contribution in [0.5, 0.6) is 0 Å². The molecule has 0 spiro atoms. The number of hydrogen-bond acceptors (Lipinski definition) is 5. The summed E-state index contributed by atoms with van der Waals surface area (Å²) >= 11 is 5.96. The SMILES string of the molecule is Cn1cnc(S(=O)(=O)N(CCC#N)Cc2ccco2)c1Cl. The topological polar surface area (TPSA) is 92.1 Å². The van der Waals surface area contributed by atoms with Crippen molar-refractivity contribution in [2.24, 2.45) is 7.05 Å². The third-order valence-electron chi connectivity index (χ3n) is 2.80. The predicted octanol–water partition coefficient (Wildman–Crippen LogP) is 1.77. The minimum atomic E-state index is -3.90. The number of rotatable bonds is 6. The van der Waals surface area contributed by atoms with Gasteiger partial charge in [-0.2, -0.15) is 9.57 Å². The number of aromatic nitrogens is 2. The third-order valence-corrected chi connectivity index (χ3v) is 5.14. The van der Waals surface area contributed by atoms with Gasteiger partial charge in [0.1, 0.15) is 10.9 Å². The van der Waals surface area contributed by atoms with Crippen LogP contribution in [0, 0.1) is 11.3 Å². The van der Waals surface area contributed by atoms with Crippen molar-refractivity contribution in [3.05, 3.63) is 35.6 Å². The maximum atomic E-state index is 12.6. The molecule has 0 bridgehead atoms. The molecule has 0 saturated heterocycles. The zero-order chi connectivity index (χ0) is 15.5. The molecule has 0 unspecified atom stereocenters. The highest BCUT2D eigenvalue weighted by Gasteiger charge is 2.30. The summed E-state index contributed by atoms with van der Waals surface area (Å²) in [4.78, 5) is 3.83. The standard InChI is InChI=1S/C12H13ClN4O3S/c1-16-9-15-12(11(16)13)21(18,19)17(6-3-5-14)8-10-4-2-7-20-10/h2,4,7,9H,3,6,8H2,1H3. The van der Waals surface area contributed by atoms with Gasteiger partial charge in [0.2, 0.25) is 5.03 Å². The highest BCUT2D eigenvalue weighted by Crippen LogP contribution is 2.24. The van der Waals surface area contributed by atoms with Crippen LogP contribution >= 0.6 is 11.6 Å². The summed E-state index contributed by atoms with van der Waals surface area (Å²) in [5.74, 6) is 0.476. The molecule has 0 aliphatic carbocycles. The Labute approximate surface area is 127 Å². The molecule has 0 saturated carbocycles. The normalized spacial score (nSPS) is 11.7. The average molecular weight is 329 g/mol. The van der Waals surface area contributed by atoms with Crippen molar-refractivity contribution in [3.63, 3.8) is 0 Å². The van der Waals surface area contributed by atoms with E-state index in [-0.39, 0.29) is 29.7 Å². The van der Waals surface area contributed by atoms with Crippen LogP contribution < -0.4 is 0 Å². The molecule has 21 heavy (non-hydrogen) atoms. The van der Waals surface area contributed by atoms with Gasteiger partial charge in [0.15, 0.2) is 0 Å². The molecular formula is C12H13ClN4O3S. The predicted molar refractivity (Wildman–Crippen MR) is 74.8 cm³/mol. The fraction of sp³-hybridized carbons (Fsp3) is 0.333. The summed E-state index contributed by atoms with van der Waals surface area (Å²) in [5.41, 5.74) is 0. The number of hydrogen-bond donors (Lipinski definition) is 0. The zero-order valence-electron chi connectivity index (χ0n) is 11.2. The van der Waals surface area contributed by atoms with Crippen LogP contribution in [0.3, 0.4) is 0 Å². The highest BCUT2D eigenvalue weighted by atomic mass is 35.5. The van der Waals surface area contributed by atoms with Gasteiger partial charge in [-0.1, -0.05) is 11.6 Å². The van der Waals surface area contributed by atoms with E-state index in [0.29, 0.717) is 5.76 Å². The number of imidazole rings is 1. The van der Waals surface area contributed by atoms with Crippen molar-refractivity contribution in [3.8, 4) is 6.07 Å². The molecule has 9 heteroatoms. The summed E-state index contributed by atoms with van der Waals surface area (Å²) in [7, 11) is -2.30. The maximum absolute atomic E-state index is 12.6. The first kappa shape index (κ1) is 15.6. The van der Waals surface area contributed by atoms with E-state index in [1.54, 1.807) is 19.2 Å². The second-order valence-corrected chi connectivity index (χ2v) is 6.49. The van der Waals surface area contributed by atoms with Crippen LogP contribution in [0.4, 0.5) is 0 Å². The summed E-state index contributed by atoms with van der Waals surface area (Å²) in [6.45, 7) is 0.0519. The molecule has 7 nitrogen and oxygen atoms in total. The van der Waals surface area contributed by atoms with Crippen LogP contribution in [-0.4, -0.2) is 28.8 Å². The van der Waals surface area contributed by atoms with Crippen molar-refractivity contribution in [2.45, 2.75) is 18.0 Å². The summed E-state index contributed by atoms with van der Waals surface area (Å²) in [6, 6.07) is 5.25. The van der Waals surface area contributed by atoms with Gasteiger partial charge >= 0.3 is 0 Å². The maximum Gasteiger partial charge on any atom is 0.264 e. The van der Waals surface area contributed by atoms with Gasteiger partial charge < -0.3 is 8.98 Å². The van der Waals surface area contributed by atoms with E-state index in [0.717, 1.165) is 4.31 Å². The van der Waals surface area contributed by atoms with Gasteiger partial charge in [0, 0.05) is 20.0 Å². The summed E-state index contributed by atoms with van der Waals surface area (Å²) in [6.07, 6.45) is 2.84. The van der Waals surface area contributed by atoms with E-state index < -0.39 is 10.0 Å². The van der Waals surface area contributed by atoms with Gasteiger partial charge in [-0.3, -0.25) is 0 Å². The number of nitrogens with zero attached hydrogens (tertiary/aromatic N) is 4. The number of nitriles is 1. The summed E-state index contributed by atoms with van der Waals surface area (Å²) in [5, 5.41) is 8.49. The van der Waals surface area contributed by atoms with Crippen molar-refractivity contribution < 1.29 is 12.8 Å². The molecule has 0 aliphatic rings. The molecule has 0 N–H and O–H groups in total. The average Bonchev–Trinajstić information content (AvgIpc) is 3.06. The Morgan fingerprint density at radius 1 is 1.57 bits per heavy atom. The van der Waals surface area contributed by atoms with Crippen LogP contribution in [0.1, 0.15) is 12.2 Å². The quantitative estimate of drug-likeness (QED) is 0.805. The number of aryl methyl sites for hydroxylation is 1. The molecule has 0 aromatic carbocycles. The van der Waals surface area contributed by atoms with E-state index in [1.165, 1.54) is 17.2 Å². The Morgan fingerprint density at radius 3 is 2.86 bits per heavy atom. The lowest BCUT2D eigenvalue weighted by atomic mass is 10.4. The number of sulfonamides is 1. The fourth-order valence-electron chi connectivity index (χ4n) is 1.72. The molecular weight excluding hydrogens is 316 g/mol. The molecule has 0 atom stereocenters. The fourth-order valence-corrected chi connectivity index (χ4v) is 3.52. The molecule has 0 amide bonds. The second kappa shape index (κ2) is 6.30. The van der Waals surface area contributed by atoms with Gasteiger partial charge in [0.05, 0.1) is 25.2 Å². The first-order valence-corrected chi connectivity index (χ1v) is 7.85. The molecule has 0 fully saturated rings. The van der Waals surface area contributed by atoms with E-state index >= 15 is 0 Å². The molecule has 2 aromatic rings. The smallest absolute Gasteiger partial charge is 0.264 e. The Hall–Kier alpha value is -1.82. The van der Waals surface area contributed by atoms with Gasteiger partial charge in [-0.05, 0) is 12.1 Å². The Kier molecular flexibility index (Phi) is 4.67. The van der Waals surface area contributed by atoms with Crippen LogP contribution in [0.25, 0.3) is 0 Å². The van der Waals surface area contributed by atoms with Crippen molar-refractivity contribution in [1.29, 1.82) is 5.26 Å².